The van der Waals surface area contributed by atoms with Crippen molar-refractivity contribution in [2.75, 3.05) is 19.8 Å². The Hall–Kier alpha value is -2.20. The lowest BCUT2D eigenvalue weighted by atomic mass is 10.1. The number of hydrogen-bond acceptors (Lipinski definition) is 4. The minimum atomic E-state index is -0.144. The molecule has 1 heterocycles. The molecule has 4 nitrogen and oxygen atoms in total. The molecule has 0 bridgehead atoms. The van der Waals surface area contributed by atoms with Crippen molar-refractivity contribution in [2.45, 2.75) is 6.92 Å². The van der Waals surface area contributed by atoms with Crippen molar-refractivity contribution >= 4 is 17.4 Å². The van der Waals surface area contributed by atoms with E-state index in [0.717, 1.165) is 5.56 Å². The lowest BCUT2D eigenvalue weighted by Crippen LogP contribution is -2.17. The minimum Gasteiger partial charge on any atom is -0.486 e. The van der Waals surface area contributed by atoms with Crippen LogP contribution in [0.25, 0.3) is 0 Å². The zero-order valence-electron chi connectivity index (χ0n) is 12.1. The van der Waals surface area contributed by atoms with E-state index in [1.165, 1.54) is 0 Å². The summed E-state index contributed by atoms with van der Waals surface area (Å²) in [6.07, 6.45) is 0. The fourth-order valence-electron chi connectivity index (χ4n) is 2.16. The van der Waals surface area contributed by atoms with E-state index in [1.807, 2.05) is 13.0 Å². The Morgan fingerprint density at radius 2 is 1.91 bits per heavy atom. The van der Waals surface area contributed by atoms with Gasteiger partial charge in [0, 0.05) is 5.56 Å². The van der Waals surface area contributed by atoms with Crippen LogP contribution in [0.5, 0.6) is 17.2 Å². The van der Waals surface area contributed by atoms with Gasteiger partial charge in [0.25, 0.3) is 0 Å². The molecule has 1 aliphatic heterocycles. The molecule has 22 heavy (non-hydrogen) atoms. The Morgan fingerprint density at radius 1 is 1.14 bits per heavy atom. The molecule has 2 aromatic rings. The van der Waals surface area contributed by atoms with Crippen LogP contribution in [-0.2, 0) is 0 Å². The number of ketones is 1. The van der Waals surface area contributed by atoms with Gasteiger partial charge >= 0.3 is 0 Å². The molecule has 0 fully saturated rings. The molecular weight excluding hydrogens is 304 g/mol. The summed E-state index contributed by atoms with van der Waals surface area (Å²) in [5.74, 6) is 1.61. The number of carbonyl (C=O) groups is 1. The van der Waals surface area contributed by atoms with E-state index in [0.29, 0.717) is 41.0 Å². The first-order valence-electron chi connectivity index (χ1n) is 6.95. The van der Waals surface area contributed by atoms with E-state index in [9.17, 15) is 4.79 Å². The van der Waals surface area contributed by atoms with Crippen molar-refractivity contribution < 1.29 is 19.0 Å². The fraction of sp³-hybridized carbons (Fsp3) is 0.235. The van der Waals surface area contributed by atoms with Crippen molar-refractivity contribution in [3.63, 3.8) is 0 Å². The second-order valence-corrected chi connectivity index (χ2v) is 5.41. The highest BCUT2D eigenvalue weighted by Crippen LogP contribution is 2.31. The van der Waals surface area contributed by atoms with Gasteiger partial charge in [-0.05, 0) is 42.8 Å². The topological polar surface area (TPSA) is 44.8 Å². The molecule has 0 unspecified atom stereocenters. The number of fused-ring (bicyclic) bond motifs is 1. The summed E-state index contributed by atoms with van der Waals surface area (Å²) >= 11 is 6.05. The highest BCUT2D eigenvalue weighted by atomic mass is 35.5. The molecule has 2 aromatic carbocycles. The van der Waals surface area contributed by atoms with Gasteiger partial charge in [-0.1, -0.05) is 17.7 Å². The monoisotopic (exact) mass is 318 g/mol. The summed E-state index contributed by atoms with van der Waals surface area (Å²) in [5.41, 5.74) is 1.54. The Morgan fingerprint density at radius 3 is 2.73 bits per heavy atom. The maximum atomic E-state index is 12.2. The van der Waals surface area contributed by atoms with Gasteiger partial charge in [-0.3, -0.25) is 4.79 Å². The zero-order chi connectivity index (χ0) is 15.5. The van der Waals surface area contributed by atoms with E-state index in [1.54, 1.807) is 30.3 Å². The summed E-state index contributed by atoms with van der Waals surface area (Å²) in [6.45, 7) is 2.87. The number of aryl methyl sites for hydroxylation is 1. The Kier molecular flexibility index (Phi) is 4.20. The molecule has 0 aliphatic carbocycles. The molecule has 3 rings (SSSR count). The van der Waals surface area contributed by atoms with Gasteiger partial charge in [-0.2, -0.15) is 0 Å². The maximum Gasteiger partial charge on any atom is 0.200 e. The molecule has 0 atom stereocenters. The molecule has 0 N–H and O–H groups in total. The van der Waals surface area contributed by atoms with Crippen LogP contribution in [0.3, 0.4) is 0 Å². The van der Waals surface area contributed by atoms with Crippen molar-refractivity contribution in [3.8, 4) is 17.2 Å². The molecule has 0 saturated heterocycles. The minimum absolute atomic E-state index is 0.0805. The second kappa shape index (κ2) is 6.28. The predicted octanol–water partition coefficient (Wildman–Crippen LogP) is 3.68. The van der Waals surface area contributed by atoms with Crippen LogP contribution >= 0.6 is 11.6 Å². The van der Waals surface area contributed by atoms with Gasteiger partial charge in [-0.15, -0.1) is 0 Å². The fourth-order valence-corrected chi connectivity index (χ4v) is 2.34. The van der Waals surface area contributed by atoms with E-state index in [4.69, 9.17) is 25.8 Å². The number of carbonyl (C=O) groups excluding carboxylic acids is 1. The first-order valence-corrected chi connectivity index (χ1v) is 7.33. The zero-order valence-corrected chi connectivity index (χ0v) is 12.9. The average molecular weight is 319 g/mol. The summed E-state index contributed by atoms with van der Waals surface area (Å²) in [4.78, 5) is 12.2. The van der Waals surface area contributed by atoms with Gasteiger partial charge < -0.3 is 14.2 Å². The molecule has 0 saturated carbocycles. The highest BCUT2D eigenvalue weighted by Gasteiger charge is 2.15. The number of rotatable bonds is 4. The van der Waals surface area contributed by atoms with Gasteiger partial charge in [0.1, 0.15) is 19.0 Å². The standard InChI is InChI=1S/C17H15ClO4/c1-11-2-4-13(18)16(8-11)22-10-14(19)12-3-5-15-17(9-12)21-7-6-20-15/h2-5,8-9H,6-7,10H2,1H3. The van der Waals surface area contributed by atoms with Gasteiger partial charge in [0.05, 0.1) is 5.02 Å². The normalized spacial score (nSPS) is 12.8. The predicted molar refractivity (Wildman–Crippen MR) is 83.4 cm³/mol. The Labute approximate surface area is 133 Å². The van der Waals surface area contributed by atoms with E-state index in [2.05, 4.69) is 0 Å². The van der Waals surface area contributed by atoms with Crippen LogP contribution in [0.4, 0.5) is 0 Å². The smallest absolute Gasteiger partial charge is 0.200 e. The molecule has 0 radical (unpaired) electrons. The summed E-state index contributed by atoms with van der Waals surface area (Å²) in [7, 11) is 0. The number of benzene rings is 2. The Bertz CT molecular complexity index is 712. The number of Topliss-reactive ketones (excluding diaryl/α,β-unsaturated/α-hetero) is 1. The highest BCUT2D eigenvalue weighted by molar-refractivity contribution is 6.32. The molecule has 0 spiro atoms. The van der Waals surface area contributed by atoms with Crippen LogP contribution in [0.1, 0.15) is 15.9 Å². The van der Waals surface area contributed by atoms with Gasteiger partial charge in [0.15, 0.2) is 23.9 Å². The molecule has 0 amide bonds. The van der Waals surface area contributed by atoms with Crippen molar-refractivity contribution in [2.24, 2.45) is 0 Å². The third kappa shape index (κ3) is 3.17. The third-order valence-electron chi connectivity index (χ3n) is 3.31. The number of hydrogen-bond donors (Lipinski definition) is 0. The molecule has 114 valence electrons. The quantitative estimate of drug-likeness (QED) is 0.807. The Balaban J connectivity index is 1.70. The first-order chi connectivity index (χ1) is 10.6. The molecule has 0 aromatic heterocycles. The van der Waals surface area contributed by atoms with E-state index >= 15 is 0 Å². The van der Waals surface area contributed by atoms with Crippen LogP contribution in [0.2, 0.25) is 5.02 Å². The first kappa shape index (κ1) is 14.7. The van der Waals surface area contributed by atoms with Crippen LogP contribution in [0.15, 0.2) is 36.4 Å². The third-order valence-corrected chi connectivity index (χ3v) is 3.62. The second-order valence-electron chi connectivity index (χ2n) is 5.00. The maximum absolute atomic E-state index is 12.2. The van der Waals surface area contributed by atoms with E-state index in [-0.39, 0.29) is 12.4 Å². The lowest BCUT2D eigenvalue weighted by Gasteiger charge is -2.18. The lowest BCUT2D eigenvalue weighted by molar-refractivity contribution is 0.0920. The largest absolute Gasteiger partial charge is 0.486 e. The summed E-state index contributed by atoms with van der Waals surface area (Å²) in [5, 5.41) is 0.487. The molecule has 5 heteroatoms. The van der Waals surface area contributed by atoms with Crippen molar-refractivity contribution in [3.05, 3.63) is 52.5 Å². The van der Waals surface area contributed by atoms with E-state index < -0.39 is 0 Å². The van der Waals surface area contributed by atoms with Gasteiger partial charge in [-0.25, -0.2) is 0 Å². The van der Waals surface area contributed by atoms with Crippen molar-refractivity contribution in [1.29, 1.82) is 0 Å². The van der Waals surface area contributed by atoms with Gasteiger partial charge in [0.2, 0.25) is 0 Å². The number of halogens is 1. The van der Waals surface area contributed by atoms with Crippen LogP contribution in [-0.4, -0.2) is 25.6 Å². The average Bonchev–Trinajstić information content (AvgIpc) is 2.55. The number of ether oxygens (including phenoxy) is 3. The summed E-state index contributed by atoms with van der Waals surface area (Å²) in [6, 6.07) is 10.6. The van der Waals surface area contributed by atoms with Crippen LogP contribution < -0.4 is 14.2 Å². The van der Waals surface area contributed by atoms with Crippen LogP contribution in [0, 0.1) is 6.92 Å². The van der Waals surface area contributed by atoms with Crippen molar-refractivity contribution in [1.82, 2.24) is 0 Å². The SMILES string of the molecule is Cc1ccc(Cl)c(OCC(=O)c2ccc3c(c2)OCCO3)c1. The molecule has 1 aliphatic rings. The summed E-state index contributed by atoms with van der Waals surface area (Å²) < 4.78 is 16.4. The molecular formula is C17H15ClO4.